The smallest absolute Gasteiger partial charge is 0.288 e. The van der Waals surface area contributed by atoms with Gasteiger partial charge >= 0.3 is 0 Å². The molecule has 0 unspecified atom stereocenters. The number of hydrogen-bond donors (Lipinski definition) is 0. The van der Waals surface area contributed by atoms with Gasteiger partial charge in [0.25, 0.3) is 5.91 Å². The number of rotatable bonds is 2. The highest BCUT2D eigenvalue weighted by atomic mass is 35.5. The molecular weight excluding hydrogens is 335 g/mol. The van der Waals surface area contributed by atoms with Gasteiger partial charge in [-0.15, -0.1) is 0 Å². The summed E-state index contributed by atoms with van der Waals surface area (Å²) < 4.78 is 5.80. The molecule has 2 atom stereocenters. The maximum atomic E-state index is 12.9. The Kier molecular flexibility index (Phi) is 3.23. The first-order valence-electron chi connectivity index (χ1n) is 7.12. The van der Waals surface area contributed by atoms with E-state index in [1.165, 1.54) is 5.01 Å². The zero-order valence-electron chi connectivity index (χ0n) is 12.2. The zero-order valence-corrected chi connectivity index (χ0v) is 13.7. The third-order valence-corrected chi connectivity index (χ3v) is 4.84. The molecule has 2 aromatic carbocycles. The van der Waals surface area contributed by atoms with E-state index in [0.717, 1.165) is 0 Å². The van der Waals surface area contributed by atoms with Crippen molar-refractivity contribution in [2.45, 2.75) is 18.6 Å². The minimum atomic E-state index is -1.09. The molecule has 116 valence electrons. The molecule has 2 aliphatic rings. The molecule has 4 nitrogen and oxygen atoms in total. The third kappa shape index (κ3) is 2.02. The van der Waals surface area contributed by atoms with Crippen LogP contribution in [0.25, 0.3) is 0 Å². The fraction of sp³-hybridized carbons (Fsp3) is 0.176. The van der Waals surface area contributed by atoms with Crippen LogP contribution in [0.15, 0.2) is 53.6 Å². The minimum absolute atomic E-state index is 0.220. The van der Waals surface area contributed by atoms with Crippen molar-refractivity contribution in [2.24, 2.45) is 5.10 Å². The molecular formula is C17H12Cl2N2O2. The molecule has 0 aliphatic carbocycles. The second kappa shape index (κ2) is 5.06. The summed E-state index contributed by atoms with van der Waals surface area (Å²) in [7, 11) is 0. The van der Waals surface area contributed by atoms with Gasteiger partial charge in [-0.25, -0.2) is 0 Å². The van der Waals surface area contributed by atoms with Crippen molar-refractivity contribution < 1.29 is 9.53 Å². The van der Waals surface area contributed by atoms with Gasteiger partial charge in [-0.05, 0) is 31.2 Å². The van der Waals surface area contributed by atoms with Gasteiger partial charge in [0.2, 0.25) is 5.60 Å². The Labute approximate surface area is 143 Å². The van der Waals surface area contributed by atoms with E-state index in [2.05, 4.69) is 5.10 Å². The van der Waals surface area contributed by atoms with Crippen LogP contribution in [0.4, 0.5) is 5.69 Å². The zero-order chi connectivity index (χ0) is 16.2. The van der Waals surface area contributed by atoms with Crippen molar-refractivity contribution >= 4 is 40.5 Å². The quantitative estimate of drug-likeness (QED) is 0.764. The van der Waals surface area contributed by atoms with Crippen LogP contribution >= 0.6 is 23.2 Å². The number of hydrogen-bond acceptors (Lipinski definition) is 3. The highest BCUT2D eigenvalue weighted by Gasteiger charge is 2.70. The monoisotopic (exact) mass is 346 g/mol. The molecule has 2 heterocycles. The lowest BCUT2D eigenvalue weighted by Crippen LogP contribution is -2.35. The van der Waals surface area contributed by atoms with Crippen LogP contribution in [0, 0.1) is 0 Å². The van der Waals surface area contributed by atoms with Crippen LogP contribution in [0.1, 0.15) is 18.6 Å². The summed E-state index contributed by atoms with van der Waals surface area (Å²) in [5.41, 5.74) is 0.846. The first-order valence-corrected chi connectivity index (χ1v) is 7.88. The number of hydrazone groups is 1. The van der Waals surface area contributed by atoms with Crippen molar-refractivity contribution in [2.75, 3.05) is 5.01 Å². The summed E-state index contributed by atoms with van der Waals surface area (Å²) in [5.74, 6) is -0.220. The van der Waals surface area contributed by atoms with Crippen LogP contribution in [0.3, 0.4) is 0 Å². The normalized spacial score (nSPS) is 25.9. The van der Waals surface area contributed by atoms with E-state index >= 15 is 0 Å². The number of ether oxygens (including phenoxy) is 1. The van der Waals surface area contributed by atoms with Crippen molar-refractivity contribution in [3.05, 3.63) is 64.1 Å². The van der Waals surface area contributed by atoms with E-state index in [4.69, 9.17) is 27.9 Å². The number of epoxide rings is 1. The molecule has 0 saturated carbocycles. The predicted molar refractivity (Wildman–Crippen MR) is 90.1 cm³/mol. The van der Waals surface area contributed by atoms with Crippen molar-refractivity contribution in [1.82, 2.24) is 0 Å². The lowest BCUT2D eigenvalue weighted by molar-refractivity contribution is -0.120. The molecule has 1 saturated heterocycles. The number of amides is 1. The molecule has 6 heteroatoms. The van der Waals surface area contributed by atoms with Crippen LogP contribution in [-0.4, -0.2) is 17.2 Å². The highest BCUT2D eigenvalue weighted by Crippen LogP contribution is 2.57. The maximum absolute atomic E-state index is 12.9. The lowest BCUT2D eigenvalue weighted by atomic mass is 9.95. The molecule has 4 rings (SSSR count). The molecule has 23 heavy (non-hydrogen) atoms. The van der Waals surface area contributed by atoms with E-state index in [1.807, 2.05) is 30.3 Å². The van der Waals surface area contributed by atoms with Crippen LogP contribution < -0.4 is 5.01 Å². The van der Waals surface area contributed by atoms with Crippen molar-refractivity contribution in [3.63, 3.8) is 0 Å². The second-order valence-corrected chi connectivity index (χ2v) is 6.32. The number of para-hydroxylation sites is 1. The molecule has 0 N–H and O–H groups in total. The van der Waals surface area contributed by atoms with Gasteiger partial charge in [0, 0.05) is 15.6 Å². The minimum Gasteiger partial charge on any atom is -0.344 e. The third-order valence-electron chi connectivity index (χ3n) is 4.18. The van der Waals surface area contributed by atoms with Gasteiger partial charge in [0.1, 0.15) is 6.10 Å². The lowest BCUT2D eigenvalue weighted by Gasteiger charge is -2.12. The summed E-state index contributed by atoms with van der Waals surface area (Å²) >= 11 is 12.5. The number of halogens is 2. The molecule has 0 bridgehead atoms. The molecule has 2 aromatic rings. The average molecular weight is 347 g/mol. The Bertz CT molecular complexity index is 817. The Balaban J connectivity index is 1.72. The van der Waals surface area contributed by atoms with E-state index in [0.29, 0.717) is 27.0 Å². The topological polar surface area (TPSA) is 45.2 Å². The number of carbonyl (C=O) groups is 1. The number of carbonyl (C=O) groups excluding carboxylic acids is 1. The highest BCUT2D eigenvalue weighted by molar-refractivity contribution is 6.36. The molecule has 1 amide bonds. The summed E-state index contributed by atoms with van der Waals surface area (Å²) in [4.78, 5) is 12.9. The summed E-state index contributed by atoms with van der Waals surface area (Å²) in [6.45, 7) is 1.78. The summed E-state index contributed by atoms with van der Waals surface area (Å²) in [6.07, 6.45) is -0.506. The van der Waals surface area contributed by atoms with Crippen LogP contribution in [0.5, 0.6) is 0 Å². The van der Waals surface area contributed by atoms with Gasteiger partial charge in [-0.2, -0.15) is 10.1 Å². The van der Waals surface area contributed by atoms with Gasteiger partial charge in [-0.1, -0.05) is 47.5 Å². The van der Waals surface area contributed by atoms with Crippen LogP contribution in [-0.2, 0) is 9.53 Å². The van der Waals surface area contributed by atoms with E-state index in [9.17, 15) is 4.79 Å². The molecule has 1 spiro atoms. The van der Waals surface area contributed by atoms with Crippen molar-refractivity contribution in [1.29, 1.82) is 0 Å². The largest absolute Gasteiger partial charge is 0.344 e. The number of benzene rings is 2. The van der Waals surface area contributed by atoms with E-state index in [1.54, 1.807) is 25.1 Å². The Morgan fingerprint density at radius 1 is 1.09 bits per heavy atom. The summed E-state index contributed by atoms with van der Waals surface area (Å²) in [6, 6.07) is 14.5. The fourth-order valence-electron chi connectivity index (χ4n) is 2.94. The first kappa shape index (κ1) is 14.7. The van der Waals surface area contributed by atoms with Crippen LogP contribution in [0.2, 0.25) is 10.0 Å². The van der Waals surface area contributed by atoms with Gasteiger partial charge in [0.05, 0.1) is 11.4 Å². The molecule has 2 aliphatic heterocycles. The first-order chi connectivity index (χ1) is 11.1. The van der Waals surface area contributed by atoms with Gasteiger partial charge in [-0.3, -0.25) is 4.79 Å². The Morgan fingerprint density at radius 2 is 1.74 bits per heavy atom. The average Bonchev–Trinajstić information content (AvgIpc) is 3.23. The Hall–Kier alpha value is -1.88. The number of anilines is 1. The summed E-state index contributed by atoms with van der Waals surface area (Å²) in [5, 5.41) is 6.72. The van der Waals surface area contributed by atoms with Crippen molar-refractivity contribution in [3.8, 4) is 0 Å². The second-order valence-electron chi connectivity index (χ2n) is 5.51. The predicted octanol–water partition coefficient (Wildman–Crippen LogP) is 4.23. The fourth-order valence-corrected chi connectivity index (χ4v) is 3.53. The van der Waals surface area contributed by atoms with E-state index < -0.39 is 11.7 Å². The number of nitrogens with zero attached hydrogens (tertiary/aromatic N) is 2. The standard InChI is InChI=1S/C17H12Cl2N2O2/c1-10-17(15(23-17)14-12(18)8-5-9-13(14)19)16(22)21(20-10)11-6-3-2-4-7-11/h2-9,15H,1H3/t15-,17+/m0/s1. The molecule has 1 fully saturated rings. The van der Waals surface area contributed by atoms with E-state index in [-0.39, 0.29) is 5.91 Å². The SMILES string of the molecule is CC1=NN(c2ccccc2)C(=O)[C@@]12O[C@H]2c1c(Cl)cccc1Cl. The van der Waals surface area contributed by atoms with Gasteiger partial charge in [0.15, 0.2) is 0 Å². The maximum Gasteiger partial charge on any atom is 0.288 e. The molecule has 0 aromatic heterocycles. The van der Waals surface area contributed by atoms with Gasteiger partial charge < -0.3 is 4.74 Å². The molecule has 0 radical (unpaired) electrons. The Morgan fingerprint density at radius 3 is 2.39 bits per heavy atom.